The van der Waals surface area contributed by atoms with Crippen LogP contribution in [0, 0.1) is 0 Å². The first-order chi connectivity index (χ1) is 5.66. The topological polar surface area (TPSA) is 32.3 Å². The molecule has 74 valence electrons. The second-order valence-corrected chi connectivity index (χ2v) is 4.54. The molecule has 0 aromatic rings. The summed E-state index contributed by atoms with van der Waals surface area (Å²) in [5, 5.41) is 12.3. The molecule has 0 fully saturated rings. The monoisotopic (exact) mass is 191 g/mol. The van der Waals surface area contributed by atoms with E-state index in [1.165, 1.54) is 17.9 Å². The molecule has 2 nitrogen and oxygen atoms in total. The van der Waals surface area contributed by atoms with Crippen molar-refractivity contribution in [1.29, 1.82) is 0 Å². The highest BCUT2D eigenvalue weighted by atomic mass is 32.2. The van der Waals surface area contributed by atoms with E-state index in [9.17, 15) is 0 Å². The molecule has 0 aromatic heterocycles. The van der Waals surface area contributed by atoms with Crippen LogP contribution >= 0.6 is 11.8 Å². The molecule has 0 saturated carbocycles. The van der Waals surface area contributed by atoms with Crippen LogP contribution in [0.4, 0.5) is 0 Å². The lowest BCUT2D eigenvalue weighted by atomic mass is 10.2. The van der Waals surface area contributed by atoms with Gasteiger partial charge in [0.2, 0.25) is 0 Å². The lowest BCUT2D eigenvalue weighted by Crippen LogP contribution is -2.32. The average molecular weight is 191 g/mol. The summed E-state index contributed by atoms with van der Waals surface area (Å²) in [6.45, 7) is 6.86. The van der Waals surface area contributed by atoms with Crippen LogP contribution < -0.4 is 5.32 Å². The minimum absolute atomic E-state index is 0.230. The molecule has 0 radical (unpaired) electrons. The van der Waals surface area contributed by atoms with Crippen LogP contribution in [0.15, 0.2) is 0 Å². The number of thioether (sulfide) groups is 1. The van der Waals surface area contributed by atoms with Gasteiger partial charge in [0.1, 0.15) is 0 Å². The fourth-order valence-corrected chi connectivity index (χ4v) is 1.69. The summed E-state index contributed by atoms with van der Waals surface area (Å²) in [6, 6.07) is 0.527. The maximum atomic E-state index is 9.01. The van der Waals surface area contributed by atoms with E-state index in [0.717, 1.165) is 0 Å². The molecule has 3 heteroatoms. The Morgan fingerprint density at radius 2 is 2.08 bits per heavy atom. The van der Waals surface area contributed by atoms with E-state index >= 15 is 0 Å². The summed E-state index contributed by atoms with van der Waals surface area (Å²) in [6.07, 6.45) is 0.955. The summed E-state index contributed by atoms with van der Waals surface area (Å²) < 4.78 is 0. The number of rotatable bonds is 7. The van der Waals surface area contributed by atoms with E-state index in [4.69, 9.17) is 5.11 Å². The molecule has 0 spiro atoms. The van der Waals surface area contributed by atoms with Crippen molar-refractivity contribution < 1.29 is 5.11 Å². The smallest absolute Gasteiger partial charge is 0.0636 e. The Balaban J connectivity index is 3.15. The molecule has 0 rings (SSSR count). The van der Waals surface area contributed by atoms with Crippen molar-refractivity contribution in [3.05, 3.63) is 0 Å². The van der Waals surface area contributed by atoms with Gasteiger partial charge >= 0.3 is 0 Å². The van der Waals surface area contributed by atoms with Crippen molar-refractivity contribution >= 4 is 11.8 Å². The number of aliphatic hydroxyl groups excluding tert-OH is 1. The molecule has 0 saturated heterocycles. The number of aliphatic hydroxyl groups is 1. The highest BCUT2D eigenvalue weighted by Gasteiger charge is 2.01. The Hall–Kier alpha value is 0.270. The first kappa shape index (κ1) is 12.3. The van der Waals surface area contributed by atoms with Gasteiger partial charge in [-0.3, -0.25) is 0 Å². The zero-order valence-electron chi connectivity index (χ0n) is 8.34. The summed E-state index contributed by atoms with van der Waals surface area (Å²) >= 11 is 1.97. The summed E-state index contributed by atoms with van der Waals surface area (Å²) in [5.74, 6) is 2.41. The highest BCUT2D eigenvalue weighted by molar-refractivity contribution is 7.99. The zero-order valence-corrected chi connectivity index (χ0v) is 9.16. The van der Waals surface area contributed by atoms with E-state index in [1.807, 2.05) is 11.8 Å². The quantitative estimate of drug-likeness (QED) is 0.598. The van der Waals surface area contributed by atoms with Gasteiger partial charge in [-0.2, -0.15) is 11.8 Å². The van der Waals surface area contributed by atoms with Crippen LogP contribution in [0.5, 0.6) is 0 Å². The Morgan fingerprint density at radius 3 is 2.58 bits per heavy atom. The minimum Gasteiger partial charge on any atom is -0.392 e. The summed E-state index contributed by atoms with van der Waals surface area (Å²) in [7, 11) is 0. The molecular weight excluding hydrogens is 170 g/mol. The standard InChI is InChI=1S/C9H21NOS/c1-4-12-6-5-8(2)10-7-9(3)11/h8-11H,4-7H2,1-3H3. The molecule has 0 aromatic carbocycles. The van der Waals surface area contributed by atoms with Crippen LogP contribution in [-0.4, -0.2) is 35.3 Å². The fraction of sp³-hybridized carbons (Fsp3) is 1.00. The molecule has 0 bridgehead atoms. The van der Waals surface area contributed by atoms with Gasteiger partial charge < -0.3 is 10.4 Å². The van der Waals surface area contributed by atoms with Gasteiger partial charge in [0, 0.05) is 12.6 Å². The SMILES string of the molecule is CCSCCC(C)NCC(C)O. The molecular formula is C9H21NOS. The third kappa shape index (κ3) is 8.37. The molecule has 12 heavy (non-hydrogen) atoms. The Kier molecular flexibility index (Phi) is 8.07. The van der Waals surface area contributed by atoms with E-state index in [2.05, 4.69) is 19.2 Å². The first-order valence-electron chi connectivity index (χ1n) is 4.66. The van der Waals surface area contributed by atoms with E-state index < -0.39 is 0 Å². The van der Waals surface area contributed by atoms with E-state index in [0.29, 0.717) is 12.6 Å². The minimum atomic E-state index is -0.230. The largest absolute Gasteiger partial charge is 0.392 e. The molecule has 0 aliphatic heterocycles. The van der Waals surface area contributed by atoms with Crippen LogP contribution in [0.1, 0.15) is 27.2 Å². The predicted molar refractivity (Wildman–Crippen MR) is 56.8 cm³/mol. The number of hydrogen-bond acceptors (Lipinski definition) is 3. The Morgan fingerprint density at radius 1 is 1.42 bits per heavy atom. The van der Waals surface area contributed by atoms with Crippen molar-refractivity contribution in [1.82, 2.24) is 5.32 Å². The van der Waals surface area contributed by atoms with Crippen LogP contribution in [-0.2, 0) is 0 Å². The van der Waals surface area contributed by atoms with Crippen molar-refractivity contribution in [2.45, 2.75) is 39.3 Å². The van der Waals surface area contributed by atoms with Gasteiger partial charge in [-0.05, 0) is 31.8 Å². The first-order valence-corrected chi connectivity index (χ1v) is 5.81. The summed E-state index contributed by atoms with van der Waals surface area (Å²) in [5.41, 5.74) is 0. The third-order valence-corrected chi connectivity index (χ3v) is 2.59. The van der Waals surface area contributed by atoms with Gasteiger partial charge in [0.05, 0.1) is 6.10 Å². The molecule has 0 aliphatic carbocycles. The molecule has 0 aliphatic rings. The van der Waals surface area contributed by atoms with Gasteiger partial charge in [-0.1, -0.05) is 6.92 Å². The zero-order chi connectivity index (χ0) is 9.40. The van der Waals surface area contributed by atoms with Gasteiger partial charge in [-0.25, -0.2) is 0 Å². The lowest BCUT2D eigenvalue weighted by Gasteiger charge is -2.14. The molecule has 0 heterocycles. The lowest BCUT2D eigenvalue weighted by molar-refractivity contribution is 0.187. The number of hydrogen-bond donors (Lipinski definition) is 2. The summed E-state index contributed by atoms with van der Waals surface area (Å²) in [4.78, 5) is 0. The highest BCUT2D eigenvalue weighted by Crippen LogP contribution is 2.03. The second kappa shape index (κ2) is 7.90. The van der Waals surface area contributed by atoms with E-state index in [-0.39, 0.29) is 6.10 Å². The van der Waals surface area contributed by atoms with Crippen LogP contribution in [0.25, 0.3) is 0 Å². The maximum absolute atomic E-state index is 9.01. The average Bonchev–Trinajstić information content (AvgIpc) is 2.01. The van der Waals surface area contributed by atoms with Gasteiger partial charge in [0.25, 0.3) is 0 Å². The van der Waals surface area contributed by atoms with Crippen molar-refractivity contribution in [3.63, 3.8) is 0 Å². The van der Waals surface area contributed by atoms with Crippen molar-refractivity contribution in [2.75, 3.05) is 18.1 Å². The van der Waals surface area contributed by atoms with Gasteiger partial charge in [0.15, 0.2) is 0 Å². The van der Waals surface area contributed by atoms with Gasteiger partial charge in [-0.15, -0.1) is 0 Å². The molecule has 2 unspecified atom stereocenters. The molecule has 2 N–H and O–H groups in total. The predicted octanol–water partition coefficient (Wildman–Crippen LogP) is 1.49. The van der Waals surface area contributed by atoms with E-state index in [1.54, 1.807) is 6.92 Å². The molecule has 0 amide bonds. The number of nitrogens with one attached hydrogen (secondary N) is 1. The van der Waals surface area contributed by atoms with Crippen molar-refractivity contribution in [3.8, 4) is 0 Å². The maximum Gasteiger partial charge on any atom is 0.0636 e. The normalized spacial score (nSPS) is 16.0. The molecule has 2 atom stereocenters. The van der Waals surface area contributed by atoms with Crippen molar-refractivity contribution in [2.24, 2.45) is 0 Å². The third-order valence-electron chi connectivity index (χ3n) is 1.66. The van der Waals surface area contributed by atoms with Crippen LogP contribution in [0.3, 0.4) is 0 Å². The fourth-order valence-electron chi connectivity index (χ4n) is 0.878. The van der Waals surface area contributed by atoms with Crippen LogP contribution in [0.2, 0.25) is 0 Å². The Bertz CT molecular complexity index is 98.5. The Labute approximate surface area is 80.1 Å². The second-order valence-electron chi connectivity index (χ2n) is 3.14.